The first-order valence-corrected chi connectivity index (χ1v) is 7.19. The number of carbonyl (C=O) groups excluding carboxylic acids is 2. The van der Waals surface area contributed by atoms with Crippen LogP contribution in [0.4, 0.5) is 4.79 Å². The number of rotatable bonds is 4. The molecule has 0 spiro atoms. The highest BCUT2D eigenvalue weighted by Gasteiger charge is 2.22. The number of hydrogen-bond acceptors (Lipinski definition) is 7. The lowest BCUT2D eigenvalue weighted by Crippen LogP contribution is -2.35. The second-order valence-electron chi connectivity index (χ2n) is 6.02. The maximum Gasteiger partial charge on any atom is 0.408 e. The van der Waals surface area contributed by atoms with E-state index in [2.05, 4.69) is 25.4 Å². The second kappa shape index (κ2) is 6.60. The first-order chi connectivity index (χ1) is 11.2. The van der Waals surface area contributed by atoms with Crippen LogP contribution in [0, 0.1) is 0 Å². The van der Waals surface area contributed by atoms with Gasteiger partial charge in [0, 0.05) is 6.07 Å². The standard InChI is InChI=1S/C14H19N7O3/c1-8(20-13(23)24-14(2,3)4)12-18-7-19-21(12)10-5-9(11(15)22)16-6-17-10/h5-8H,1-4H3,(H2,15,22)(H,20,23)/t8-/m0/s1. The summed E-state index contributed by atoms with van der Waals surface area (Å²) in [6.07, 6.45) is 1.94. The molecule has 10 nitrogen and oxygen atoms in total. The number of nitrogens with zero attached hydrogens (tertiary/aromatic N) is 5. The van der Waals surface area contributed by atoms with Crippen molar-refractivity contribution < 1.29 is 14.3 Å². The Bertz CT molecular complexity index is 751. The van der Waals surface area contributed by atoms with Crippen molar-refractivity contribution >= 4 is 12.0 Å². The van der Waals surface area contributed by atoms with Crippen LogP contribution >= 0.6 is 0 Å². The van der Waals surface area contributed by atoms with E-state index < -0.39 is 23.6 Å². The van der Waals surface area contributed by atoms with Gasteiger partial charge in [-0.2, -0.15) is 9.78 Å². The molecule has 0 aliphatic rings. The van der Waals surface area contributed by atoms with E-state index in [1.54, 1.807) is 27.7 Å². The molecule has 0 fully saturated rings. The lowest BCUT2D eigenvalue weighted by Gasteiger charge is -2.21. The van der Waals surface area contributed by atoms with Gasteiger partial charge in [0.1, 0.15) is 23.9 Å². The largest absolute Gasteiger partial charge is 0.444 e. The minimum absolute atomic E-state index is 0.0502. The molecule has 2 aromatic heterocycles. The highest BCUT2D eigenvalue weighted by atomic mass is 16.6. The lowest BCUT2D eigenvalue weighted by atomic mass is 10.2. The van der Waals surface area contributed by atoms with Gasteiger partial charge < -0.3 is 15.8 Å². The topological polar surface area (TPSA) is 138 Å². The third-order valence-electron chi connectivity index (χ3n) is 2.82. The predicted molar refractivity (Wildman–Crippen MR) is 83.3 cm³/mol. The van der Waals surface area contributed by atoms with Crippen LogP contribution in [0.3, 0.4) is 0 Å². The average molecular weight is 333 g/mol. The first kappa shape index (κ1) is 17.3. The van der Waals surface area contributed by atoms with Gasteiger partial charge in [0.05, 0.1) is 6.04 Å². The molecule has 2 aromatic rings. The summed E-state index contributed by atoms with van der Waals surface area (Å²) < 4.78 is 6.59. The average Bonchev–Trinajstić information content (AvgIpc) is 2.94. The molecule has 128 valence electrons. The molecule has 1 atom stereocenters. The zero-order valence-corrected chi connectivity index (χ0v) is 13.8. The Morgan fingerprint density at radius 2 is 1.96 bits per heavy atom. The number of nitrogens with two attached hydrogens (primary N) is 1. The van der Waals surface area contributed by atoms with Crippen LogP contribution in [-0.2, 0) is 4.74 Å². The Kier molecular flexibility index (Phi) is 4.77. The molecule has 0 radical (unpaired) electrons. The third kappa shape index (κ3) is 4.24. The van der Waals surface area contributed by atoms with E-state index in [-0.39, 0.29) is 5.69 Å². The van der Waals surface area contributed by atoms with Crippen LogP contribution in [0.25, 0.3) is 5.82 Å². The minimum Gasteiger partial charge on any atom is -0.444 e. The molecule has 0 aromatic carbocycles. The summed E-state index contributed by atoms with van der Waals surface area (Å²) in [5.41, 5.74) is 4.65. The number of ether oxygens (including phenoxy) is 1. The maximum absolute atomic E-state index is 11.9. The quantitative estimate of drug-likeness (QED) is 0.841. The molecule has 24 heavy (non-hydrogen) atoms. The predicted octanol–water partition coefficient (Wildman–Crippen LogP) is 0.742. The molecule has 0 aliphatic carbocycles. The van der Waals surface area contributed by atoms with Gasteiger partial charge in [-0.1, -0.05) is 0 Å². The molecule has 3 N–H and O–H groups in total. The van der Waals surface area contributed by atoms with Gasteiger partial charge in [0.25, 0.3) is 5.91 Å². The SMILES string of the molecule is C[C@H](NC(=O)OC(C)(C)C)c1ncnn1-c1cc(C(N)=O)ncn1. The molecule has 0 bridgehead atoms. The van der Waals surface area contributed by atoms with E-state index in [1.165, 1.54) is 23.4 Å². The van der Waals surface area contributed by atoms with Crippen LogP contribution in [0.15, 0.2) is 18.7 Å². The van der Waals surface area contributed by atoms with E-state index in [1.807, 2.05) is 0 Å². The number of hydrogen-bond donors (Lipinski definition) is 2. The Morgan fingerprint density at radius 3 is 2.58 bits per heavy atom. The molecular weight excluding hydrogens is 314 g/mol. The van der Waals surface area contributed by atoms with Gasteiger partial charge in [-0.05, 0) is 27.7 Å². The molecule has 0 aliphatic heterocycles. The summed E-state index contributed by atoms with van der Waals surface area (Å²) >= 11 is 0. The number of alkyl carbamates (subject to hydrolysis) is 1. The number of carbonyl (C=O) groups is 2. The lowest BCUT2D eigenvalue weighted by molar-refractivity contribution is 0.0505. The molecule has 2 rings (SSSR count). The molecule has 10 heteroatoms. The van der Waals surface area contributed by atoms with Crippen molar-refractivity contribution in [2.45, 2.75) is 39.3 Å². The highest BCUT2D eigenvalue weighted by Crippen LogP contribution is 2.15. The van der Waals surface area contributed by atoms with Gasteiger partial charge in [-0.15, -0.1) is 0 Å². The van der Waals surface area contributed by atoms with Crippen molar-refractivity contribution in [1.82, 2.24) is 30.0 Å². The Hall–Kier alpha value is -3.04. The zero-order chi connectivity index (χ0) is 17.9. The first-order valence-electron chi connectivity index (χ1n) is 7.19. The molecule has 0 saturated carbocycles. The summed E-state index contributed by atoms with van der Waals surface area (Å²) in [4.78, 5) is 35.1. The van der Waals surface area contributed by atoms with Crippen molar-refractivity contribution in [2.24, 2.45) is 5.73 Å². The fraction of sp³-hybridized carbons (Fsp3) is 0.429. The van der Waals surface area contributed by atoms with Crippen LogP contribution in [0.5, 0.6) is 0 Å². The van der Waals surface area contributed by atoms with Gasteiger partial charge in [0.2, 0.25) is 0 Å². The zero-order valence-electron chi connectivity index (χ0n) is 13.8. The molecule has 0 unspecified atom stereocenters. The number of aromatic nitrogens is 5. The van der Waals surface area contributed by atoms with Crippen molar-refractivity contribution in [3.63, 3.8) is 0 Å². The summed E-state index contributed by atoms with van der Waals surface area (Å²) in [5.74, 6) is 0.0411. The summed E-state index contributed by atoms with van der Waals surface area (Å²) in [7, 11) is 0. The van der Waals surface area contributed by atoms with Crippen molar-refractivity contribution in [3.05, 3.63) is 30.2 Å². The molecule has 2 amide bonds. The normalized spacial score (nSPS) is 12.5. The van der Waals surface area contributed by atoms with Crippen LogP contribution < -0.4 is 11.1 Å². The number of nitrogens with one attached hydrogen (secondary N) is 1. The van der Waals surface area contributed by atoms with E-state index in [0.29, 0.717) is 11.6 Å². The third-order valence-corrected chi connectivity index (χ3v) is 2.82. The van der Waals surface area contributed by atoms with E-state index in [9.17, 15) is 9.59 Å². The number of amides is 2. The highest BCUT2D eigenvalue weighted by molar-refractivity contribution is 5.90. The minimum atomic E-state index is -0.680. The van der Waals surface area contributed by atoms with Gasteiger partial charge in [-0.25, -0.2) is 19.7 Å². The van der Waals surface area contributed by atoms with Crippen LogP contribution in [0.2, 0.25) is 0 Å². The van der Waals surface area contributed by atoms with E-state index >= 15 is 0 Å². The van der Waals surface area contributed by atoms with Gasteiger partial charge >= 0.3 is 6.09 Å². The second-order valence-corrected chi connectivity index (χ2v) is 6.02. The van der Waals surface area contributed by atoms with Crippen molar-refractivity contribution in [1.29, 1.82) is 0 Å². The fourth-order valence-electron chi connectivity index (χ4n) is 1.87. The van der Waals surface area contributed by atoms with Crippen LogP contribution in [0.1, 0.15) is 50.0 Å². The van der Waals surface area contributed by atoms with Gasteiger partial charge in [-0.3, -0.25) is 4.79 Å². The monoisotopic (exact) mass is 333 g/mol. The van der Waals surface area contributed by atoms with Gasteiger partial charge in [0.15, 0.2) is 11.6 Å². The molecule has 2 heterocycles. The van der Waals surface area contributed by atoms with Crippen molar-refractivity contribution in [3.8, 4) is 5.82 Å². The number of primary amides is 1. The van der Waals surface area contributed by atoms with Crippen LogP contribution in [-0.4, -0.2) is 42.3 Å². The Balaban J connectivity index is 2.22. The fourth-order valence-corrected chi connectivity index (χ4v) is 1.87. The van der Waals surface area contributed by atoms with Crippen molar-refractivity contribution in [2.75, 3.05) is 0 Å². The maximum atomic E-state index is 11.9. The van der Waals surface area contributed by atoms with E-state index in [4.69, 9.17) is 10.5 Å². The molecular formula is C14H19N7O3. The Morgan fingerprint density at radius 1 is 1.25 bits per heavy atom. The smallest absolute Gasteiger partial charge is 0.408 e. The summed E-state index contributed by atoms with van der Waals surface area (Å²) in [6.45, 7) is 7.03. The van der Waals surface area contributed by atoms with E-state index in [0.717, 1.165) is 0 Å². The molecule has 0 saturated heterocycles. The Labute approximate surface area is 138 Å². The summed E-state index contributed by atoms with van der Waals surface area (Å²) in [6, 6.07) is 0.884. The summed E-state index contributed by atoms with van der Waals surface area (Å²) in [5, 5.41) is 6.73.